The number of nitrogens with zero attached hydrogens (tertiary/aromatic N) is 6. The van der Waals surface area contributed by atoms with Gasteiger partial charge in [-0.25, -0.2) is 38.7 Å². The molecule has 48 heavy (non-hydrogen) atoms. The van der Waals surface area contributed by atoms with Crippen molar-refractivity contribution in [2.24, 2.45) is 0 Å². The van der Waals surface area contributed by atoms with E-state index in [1.54, 1.807) is 0 Å². The molecule has 10 nitrogen and oxygen atoms in total. The smallest absolute Gasteiger partial charge is 0.420 e. The minimum atomic E-state index is -0.679. The molecule has 238 valence electrons. The average Bonchev–Trinajstić information content (AvgIpc) is 3.52. The van der Waals surface area contributed by atoms with Crippen LogP contribution in [0.3, 0.4) is 0 Å². The van der Waals surface area contributed by atoms with Crippen LogP contribution in [0.2, 0.25) is 0 Å². The molecule has 0 atom stereocenters. The van der Waals surface area contributed by atoms with Crippen molar-refractivity contribution >= 4 is 78.4 Å². The lowest BCUT2D eigenvalue weighted by atomic mass is 10.0. The quantitative estimate of drug-likeness (QED) is 0.175. The third-order valence-corrected chi connectivity index (χ3v) is 8.01. The molecule has 0 bridgehead atoms. The van der Waals surface area contributed by atoms with Crippen LogP contribution in [0.5, 0.6) is 0 Å². The highest BCUT2D eigenvalue weighted by atomic mass is 16.6. The summed E-state index contributed by atoms with van der Waals surface area (Å²) in [6.45, 7) is 11.0. The van der Waals surface area contributed by atoms with Crippen molar-refractivity contribution in [3.8, 4) is 11.1 Å². The van der Waals surface area contributed by atoms with Crippen molar-refractivity contribution in [3.05, 3.63) is 84.9 Å². The number of hydrogen-bond donors (Lipinski definition) is 0. The van der Waals surface area contributed by atoms with Gasteiger partial charge in [-0.1, -0.05) is 54.6 Å². The molecule has 8 aromatic rings. The van der Waals surface area contributed by atoms with Crippen molar-refractivity contribution in [2.75, 3.05) is 0 Å². The Hall–Kier alpha value is -5.90. The van der Waals surface area contributed by atoms with E-state index in [0.717, 1.165) is 21.9 Å². The van der Waals surface area contributed by atoms with E-state index in [0.29, 0.717) is 55.4 Å². The normalized spacial score (nSPS) is 12.5. The SMILES string of the molecule is CC(C)(C)OC(=O)n1c2ccccc2c2nc3cc(-c4cccc5nc6c(nc45)c4ccccc4n6C(=O)OC(C)(C)C)ccc3nc21. The maximum absolute atomic E-state index is 13.4. The molecular weight excluding hydrogens is 604 g/mol. The van der Waals surface area contributed by atoms with Crippen molar-refractivity contribution in [3.63, 3.8) is 0 Å². The molecule has 0 aliphatic rings. The van der Waals surface area contributed by atoms with E-state index in [9.17, 15) is 9.59 Å². The fourth-order valence-corrected chi connectivity index (χ4v) is 6.14. The highest BCUT2D eigenvalue weighted by Gasteiger charge is 2.26. The molecular formula is C38H32N6O4. The topological polar surface area (TPSA) is 114 Å². The Morgan fingerprint density at radius 2 is 1.08 bits per heavy atom. The van der Waals surface area contributed by atoms with Gasteiger partial charge in [0, 0.05) is 16.3 Å². The Balaban J connectivity index is 1.31. The molecule has 0 radical (unpaired) electrons. The first-order valence-electron chi connectivity index (χ1n) is 15.7. The summed E-state index contributed by atoms with van der Waals surface area (Å²) in [5, 5.41) is 1.61. The fraction of sp³-hybridized carbons (Fsp3) is 0.211. The average molecular weight is 637 g/mol. The van der Waals surface area contributed by atoms with Gasteiger partial charge < -0.3 is 9.47 Å². The zero-order chi connectivity index (χ0) is 33.5. The number of para-hydroxylation sites is 3. The Kier molecular flexibility index (Phi) is 6.33. The van der Waals surface area contributed by atoms with E-state index in [4.69, 9.17) is 29.4 Å². The third-order valence-electron chi connectivity index (χ3n) is 8.01. The summed E-state index contributed by atoms with van der Waals surface area (Å²) in [7, 11) is 0. The number of aromatic nitrogens is 6. The van der Waals surface area contributed by atoms with Crippen LogP contribution in [-0.4, -0.2) is 52.5 Å². The minimum absolute atomic E-state index is 0.434. The molecule has 0 fully saturated rings. The Morgan fingerprint density at radius 3 is 1.67 bits per heavy atom. The summed E-state index contributed by atoms with van der Waals surface area (Å²) in [4.78, 5) is 46.8. The molecule has 0 unspecified atom stereocenters. The molecule has 0 amide bonds. The summed E-state index contributed by atoms with van der Waals surface area (Å²) in [6, 6.07) is 26.9. The third kappa shape index (κ3) is 4.79. The zero-order valence-corrected chi connectivity index (χ0v) is 27.4. The highest BCUT2D eigenvalue weighted by molar-refractivity contribution is 6.13. The highest BCUT2D eigenvalue weighted by Crippen LogP contribution is 2.35. The maximum atomic E-state index is 13.4. The maximum Gasteiger partial charge on any atom is 0.420 e. The number of hydrogen-bond acceptors (Lipinski definition) is 8. The monoisotopic (exact) mass is 636 g/mol. The molecule has 0 aliphatic carbocycles. The first kappa shape index (κ1) is 29.5. The van der Waals surface area contributed by atoms with Crippen LogP contribution >= 0.6 is 0 Å². The number of benzene rings is 4. The lowest BCUT2D eigenvalue weighted by Crippen LogP contribution is -2.27. The molecule has 0 aliphatic heterocycles. The van der Waals surface area contributed by atoms with Gasteiger partial charge in [0.2, 0.25) is 0 Å². The number of carbonyl (C=O) groups excluding carboxylic acids is 2. The van der Waals surface area contributed by atoms with Gasteiger partial charge in [0.05, 0.1) is 33.1 Å². The molecule has 8 rings (SSSR count). The van der Waals surface area contributed by atoms with E-state index < -0.39 is 23.4 Å². The fourth-order valence-electron chi connectivity index (χ4n) is 6.14. The summed E-state index contributed by atoms with van der Waals surface area (Å²) in [5.74, 6) is 0. The number of carbonyl (C=O) groups is 2. The van der Waals surface area contributed by atoms with Gasteiger partial charge in [0.15, 0.2) is 11.3 Å². The molecule has 0 saturated carbocycles. The number of rotatable bonds is 1. The lowest BCUT2D eigenvalue weighted by Gasteiger charge is -2.20. The Morgan fingerprint density at radius 1 is 0.542 bits per heavy atom. The molecule has 4 aromatic carbocycles. The van der Waals surface area contributed by atoms with Gasteiger partial charge in [-0.05, 0) is 77.4 Å². The number of ether oxygens (including phenoxy) is 2. The van der Waals surface area contributed by atoms with Gasteiger partial charge >= 0.3 is 12.2 Å². The van der Waals surface area contributed by atoms with Crippen LogP contribution in [0.1, 0.15) is 41.5 Å². The first-order chi connectivity index (χ1) is 22.9. The van der Waals surface area contributed by atoms with E-state index >= 15 is 0 Å². The van der Waals surface area contributed by atoms with Crippen molar-refractivity contribution in [1.82, 2.24) is 29.1 Å². The molecule has 0 saturated heterocycles. The van der Waals surface area contributed by atoms with Crippen LogP contribution in [0.15, 0.2) is 84.9 Å². The second kappa shape index (κ2) is 10.3. The van der Waals surface area contributed by atoms with Crippen molar-refractivity contribution in [2.45, 2.75) is 52.7 Å². The second-order valence-corrected chi connectivity index (χ2v) is 13.8. The van der Waals surface area contributed by atoms with E-state index in [2.05, 4.69) is 0 Å². The zero-order valence-electron chi connectivity index (χ0n) is 27.4. The van der Waals surface area contributed by atoms with Crippen LogP contribution in [0.4, 0.5) is 9.59 Å². The Bertz CT molecular complexity index is 2640. The van der Waals surface area contributed by atoms with Crippen LogP contribution < -0.4 is 0 Å². The van der Waals surface area contributed by atoms with Gasteiger partial charge in [-0.2, -0.15) is 0 Å². The summed E-state index contributed by atoms with van der Waals surface area (Å²) < 4.78 is 14.5. The predicted octanol–water partition coefficient (Wildman–Crippen LogP) is 9.02. The molecule has 4 aromatic heterocycles. The van der Waals surface area contributed by atoms with E-state index in [-0.39, 0.29) is 0 Å². The Labute approximate surface area is 274 Å². The second-order valence-electron chi connectivity index (χ2n) is 13.8. The lowest BCUT2D eigenvalue weighted by molar-refractivity contribution is 0.0539. The van der Waals surface area contributed by atoms with E-state index in [1.165, 1.54) is 9.13 Å². The van der Waals surface area contributed by atoms with Crippen LogP contribution in [-0.2, 0) is 9.47 Å². The summed E-state index contributed by atoms with van der Waals surface area (Å²) >= 11 is 0. The summed E-state index contributed by atoms with van der Waals surface area (Å²) in [5.41, 5.74) is 6.43. The minimum Gasteiger partial charge on any atom is -0.443 e. The standard InChI is InChI=1S/C38H32N6O4/c1-37(2,3)47-35(45)43-28-16-9-7-12-23(28)31-33(43)40-25-19-18-21(20-27(25)39-31)22-14-11-15-26-30(22)42-32-24-13-8-10-17-29(24)44(34(32)41-26)36(46)48-38(4,5)6/h7-20H,1-6H3. The van der Waals surface area contributed by atoms with Gasteiger partial charge in [-0.3, -0.25) is 0 Å². The molecule has 0 spiro atoms. The largest absolute Gasteiger partial charge is 0.443 e. The molecule has 10 heteroatoms. The van der Waals surface area contributed by atoms with Gasteiger partial charge in [0.25, 0.3) is 0 Å². The van der Waals surface area contributed by atoms with Gasteiger partial charge in [0.1, 0.15) is 22.2 Å². The van der Waals surface area contributed by atoms with Gasteiger partial charge in [-0.15, -0.1) is 0 Å². The predicted molar refractivity (Wildman–Crippen MR) is 187 cm³/mol. The summed E-state index contributed by atoms with van der Waals surface area (Å²) in [6.07, 6.45) is -1.02. The molecule has 4 heterocycles. The first-order valence-corrected chi connectivity index (χ1v) is 15.7. The van der Waals surface area contributed by atoms with Crippen molar-refractivity contribution < 1.29 is 19.1 Å². The number of fused-ring (bicyclic) bond motifs is 8. The van der Waals surface area contributed by atoms with Crippen molar-refractivity contribution in [1.29, 1.82) is 0 Å². The van der Waals surface area contributed by atoms with Crippen LogP contribution in [0, 0.1) is 0 Å². The van der Waals surface area contributed by atoms with Crippen LogP contribution in [0.25, 0.3) is 77.3 Å². The molecule has 0 N–H and O–H groups in total. The van der Waals surface area contributed by atoms with E-state index in [1.807, 2.05) is 126 Å².